The highest BCUT2D eigenvalue weighted by Gasteiger charge is 2.46. The lowest BCUT2D eigenvalue weighted by atomic mass is 9.73. The first-order valence-electron chi connectivity index (χ1n) is 12.7. The molecule has 4 atom stereocenters. The third-order valence-electron chi connectivity index (χ3n) is 7.28. The Labute approximate surface area is 211 Å². The molecule has 1 aliphatic carbocycles. The Morgan fingerprint density at radius 3 is 2.56 bits per heavy atom. The van der Waals surface area contributed by atoms with Crippen molar-refractivity contribution in [2.24, 2.45) is 5.41 Å². The van der Waals surface area contributed by atoms with E-state index in [1.165, 1.54) is 19.1 Å². The van der Waals surface area contributed by atoms with Crippen molar-refractivity contribution >= 4 is 5.91 Å². The SMILES string of the molecule is CC(=O)N[C@@H](Cc1ccc(F)cc1)[C@H](O)CN[C@H]1CC2(CCC2)Oc2ncc([C@H](F)C(C)(C)C)cc21. The van der Waals surface area contributed by atoms with Crippen molar-refractivity contribution in [2.75, 3.05) is 6.54 Å². The number of aliphatic hydroxyl groups excluding tert-OH is 1. The number of hydrogen-bond donors (Lipinski definition) is 3. The number of carbonyl (C=O) groups is 1. The molecule has 0 unspecified atom stereocenters. The summed E-state index contributed by atoms with van der Waals surface area (Å²) in [6.45, 7) is 7.17. The number of aromatic nitrogens is 1. The Bertz CT molecular complexity index is 1070. The standard InChI is InChI=1S/C28H37F2N3O3/c1-17(34)33-22(12-18-6-8-20(29)9-7-18)24(35)16-31-23-14-28(10-5-11-28)36-26-21(23)13-19(15-32-26)25(30)27(2,3)4/h6-9,13,15,22-25,31,35H,5,10-12,14,16H2,1-4H3,(H,33,34)/t22-,23-,24+,25-/m0/s1. The van der Waals surface area contributed by atoms with Crippen LogP contribution in [0.2, 0.25) is 0 Å². The number of hydrogen-bond acceptors (Lipinski definition) is 5. The lowest BCUT2D eigenvalue weighted by Gasteiger charge is -2.47. The first-order chi connectivity index (χ1) is 17.0. The summed E-state index contributed by atoms with van der Waals surface area (Å²) in [7, 11) is 0. The van der Waals surface area contributed by atoms with Crippen molar-refractivity contribution < 1.29 is 23.4 Å². The summed E-state index contributed by atoms with van der Waals surface area (Å²) in [6, 6.07) is 7.12. The van der Waals surface area contributed by atoms with E-state index in [-0.39, 0.29) is 29.9 Å². The van der Waals surface area contributed by atoms with Crippen molar-refractivity contribution in [3.63, 3.8) is 0 Å². The van der Waals surface area contributed by atoms with Crippen LogP contribution in [0.5, 0.6) is 5.88 Å². The summed E-state index contributed by atoms with van der Waals surface area (Å²) in [5.74, 6) is -0.0753. The number of nitrogens with one attached hydrogen (secondary N) is 2. The highest BCUT2D eigenvalue weighted by molar-refractivity contribution is 5.73. The zero-order valence-corrected chi connectivity index (χ0v) is 21.5. The molecule has 0 saturated heterocycles. The van der Waals surface area contributed by atoms with Crippen LogP contribution in [0.25, 0.3) is 0 Å². The molecule has 1 amide bonds. The van der Waals surface area contributed by atoms with E-state index in [0.717, 1.165) is 30.4 Å². The smallest absolute Gasteiger partial charge is 0.218 e. The Hall–Kier alpha value is -2.58. The zero-order chi connectivity index (χ0) is 26.1. The summed E-state index contributed by atoms with van der Waals surface area (Å²) >= 11 is 0. The van der Waals surface area contributed by atoms with Gasteiger partial charge in [0, 0.05) is 43.3 Å². The number of amides is 1. The fourth-order valence-electron chi connectivity index (χ4n) is 5.07. The van der Waals surface area contributed by atoms with Gasteiger partial charge < -0.3 is 20.5 Å². The molecule has 1 saturated carbocycles. The minimum Gasteiger partial charge on any atom is -0.471 e. The molecule has 1 spiro atoms. The maximum atomic E-state index is 15.1. The molecule has 1 fully saturated rings. The van der Waals surface area contributed by atoms with Gasteiger partial charge in [-0.05, 0) is 54.9 Å². The molecule has 2 aliphatic rings. The molecule has 2 aromatic rings. The second-order valence-corrected chi connectivity index (χ2v) is 11.4. The Morgan fingerprint density at radius 1 is 1.28 bits per heavy atom. The van der Waals surface area contributed by atoms with Gasteiger partial charge in [-0.25, -0.2) is 13.8 Å². The third-order valence-corrected chi connectivity index (χ3v) is 7.28. The molecular formula is C28H37F2N3O3. The van der Waals surface area contributed by atoms with Crippen molar-refractivity contribution in [1.82, 2.24) is 15.6 Å². The van der Waals surface area contributed by atoms with Gasteiger partial charge in [-0.1, -0.05) is 32.9 Å². The van der Waals surface area contributed by atoms with Crippen LogP contribution in [0.3, 0.4) is 0 Å². The third kappa shape index (κ3) is 6.03. The van der Waals surface area contributed by atoms with E-state index in [1.54, 1.807) is 18.3 Å². The van der Waals surface area contributed by atoms with Gasteiger partial charge in [0.1, 0.15) is 17.6 Å². The van der Waals surface area contributed by atoms with Gasteiger partial charge in [0.2, 0.25) is 11.8 Å². The van der Waals surface area contributed by atoms with Crippen LogP contribution >= 0.6 is 0 Å². The first kappa shape index (κ1) is 26.5. The van der Waals surface area contributed by atoms with Crippen molar-refractivity contribution in [1.29, 1.82) is 0 Å². The molecule has 0 radical (unpaired) electrons. The predicted molar refractivity (Wildman–Crippen MR) is 134 cm³/mol. The molecule has 2 heterocycles. The average Bonchev–Trinajstić information content (AvgIpc) is 2.80. The van der Waals surface area contributed by atoms with Gasteiger partial charge in [0.05, 0.1) is 12.1 Å². The largest absolute Gasteiger partial charge is 0.471 e. The lowest BCUT2D eigenvalue weighted by Crippen LogP contribution is -2.52. The van der Waals surface area contributed by atoms with E-state index in [9.17, 15) is 14.3 Å². The van der Waals surface area contributed by atoms with Crippen LogP contribution in [0.1, 0.15) is 82.3 Å². The van der Waals surface area contributed by atoms with Crippen molar-refractivity contribution in [3.8, 4) is 5.88 Å². The van der Waals surface area contributed by atoms with Crippen LogP contribution < -0.4 is 15.4 Å². The van der Waals surface area contributed by atoms with E-state index in [2.05, 4.69) is 15.6 Å². The quantitative estimate of drug-likeness (QED) is 0.488. The summed E-state index contributed by atoms with van der Waals surface area (Å²) in [5.41, 5.74) is 1.26. The number of ether oxygens (including phenoxy) is 1. The van der Waals surface area contributed by atoms with Crippen molar-refractivity contribution in [2.45, 2.75) is 89.8 Å². The number of halogens is 2. The molecule has 6 nitrogen and oxygen atoms in total. The van der Waals surface area contributed by atoms with Crippen molar-refractivity contribution in [3.05, 3.63) is 59.0 Å². The summed E-state index contributed by atoms with van der Waals surface area (Å²) in [5, 5.41) is 17.3. The van der Waals surface area contributed by atoms with Crippen LogP contribution in [0.15, 0.2) is 36.5 Å². The molecule has 4 rings (SSSR count). The van der Waals surface area contributed by atoms with Gasteiger partial charge in [0.25, 0.3) is 0 Å². The van der Waals surface area contributed by atoms with Crippen LogP contribution in [0, 0.1) is 11.2 Å². The minimum absolute atomic E-state index is 0.174. The van der Waals surface area contributed by atoms with Gasteiger partial charge >= 0.3 is 0 Å². The van der Waals surface area contributed by atoms with Gasteiger partial charge in [-0.2, -0.15) is 0 Å². The molecule has 1 aliphatic heterocycles. The van der Waals surface area contributed by atoms with E-state index >= 15 is 4.39 Å². The first-order valence-corrected chi connectivity index (χ1v) is 12.7. The topological polar surface area (TPSA) is 83.5 Å². The molecule has 8 heteroatoms. The molecule has 0 bridgehead atoms. The maximum Gasteiger partial charge on any atom is 0.218 e. The molecule has 196 valence electrons. The normalized spacial score (nSPS) is 21.0. The second-order valence-electron chi connectivity index (χ2n) is 11.4. The second kappa shape index (κ2) is 10.4. The van der Waals surface area contributed by atoms with Gasteiger partial charge in [0.15, 0.2) is 0 Å². The molecule has 36 heavy (non-hydrogen) atoms. The zero-order valence-electron chi connectivity index (χ0n) is 21.5. The number of benzene rings is 1. The van der Waals surface area contributed by atoms with E-state index < -0.39 is 23.7 Å². The van der Waals surface area contributed by atoms with Crippen LogP contribution in [-0.2, 0) is 11.2 Å². The van der Waals surface area contributed by atoms with Crippen LogP contribution in [0.4, 0.5) is 8.78 Å². The summed E-state index contributed by atoms with van der Waals surface area (Å²) < 4.78 is 34.7. The lowest BCUT2D eigenvalue weighted by molar-refractivity contribution is -0.120. The number of pyridine rings is 1. The molecule has 3 N–H and O–H groups in total. The molecular weight excluding hydrogens is 464 g/mol. The highest BCUT2D eigenvalue weighted by atomic mass is 19.1. The maximum absolute atomic E-state index is 15.1. The monoisotopic (exact) mass is 501 g/mol. The number of nitrogens with zero attached hydrogens (tertiary/aromatic N) is 1. The molecule has 1 aromatic carbocycles. The highest BCUT2D eigenvalue weighted by Crippen LogP contribution is 2.49. The van der Waals surface area contributed by atoms with E-state index in [0.29, 0.717) is 24.3 Å². The number of fused-ring (bicyclic) bond motifs is 1. The average molecular weight is 502 g/mol. The number of rotatable bonds is 8. The Balaban J connectivity index is 1.52. The summed E-state index contributed by atoms with van der Waals surface area (Å²) in [4.78, 5) is 16.3. The number of aliphatic hydroxyl groups is 1. The van der Waals surface area contributed by atoms with Crippen LogP contribution in [-0.4, -0.2) is 40.3 Å². The number of alkyl halides is 1. The summed E-state index contributed by atoms with van der Waals surface area (Å²) in [6.07, 6.45) is 3.50. The van der Waals surface area contributed by atoms with E-state index in [1.807, 2.05) is 26.8 Å². The Kier molecular flexibility index (Phi) is 7.67. The number of carbonyl (C=O) groups excluding carboxylic acids is 1. The van der Waals surface area contributed by atoms with E-state index in [4.69, 9.17) is 4.74 Å². The predicted octanol–water partition coefficient (Wildman–Crippen LogP) is 4.72. The fourth-order valence-corrected chi connectivity index (χ4v) is 5.07. The van der Waals surface area contributed by atoms with Gasteiger partial charge in [-0.3, -0.25) is 4.79 Å². The van der Waals surface area contributed by atoms with Gasteiger partial charge in [-0.15, -0.1) is 0 Å². The molecule has 1 aromatic heterocycles. The fraction of sp³-hybridized carbons (Fsp3) is 0.571. The minimum atomic E-state index is -1.18. The Morgan fingerprint density at radius 2 is 1.97 bits per heavy atom.